The summed E-state index contributed by atoms with van der Waals surface area (Å²) in [6.45, 7) is 5.99. The Bertz CT molecular complexity index is 844. The van der Waals surface area contributed by atoms with Crippen molar-refractivity contribution in [1.29, 1.82) is 10.5 Å². The van der Waals surface area contributed by atoms with Crippen molar-refractivity contribution in [2.45, 2.75) is 31.8 Å². The summed E-state index contributed by atoms with van der Waals surface area (Å²) < 4.78 is 0. The third-order valence-electron chi connectivity index (χ3n) is 4.99. The highest BCUT2D eigenvalue weighted by atomic mass is 15.1. The minimum absolute atomic E-state index is 0.199. The summed E-state index contributed by atoms with van der Waals surface area (Å²) in [6, 6.07) is 18.3. The third-order valence-corrected chi connectivity index (χ3v) is 4.99. The molecular formula is C21H23N5. The van der Waals surface area contributed by atoms with Crippen LogP contribution < -0.4 is 16.0 Å². The molecule has 0 saturated heterocycles. The van der Waals surface area contributed by atoms with E-state index in [1.807, 2.05) is 42.5 Å². The second kappa shape index (κ2) is 7.91. The molecule has 3 rings (SSSR count). The van der Waals surface area contributed by atoms with Crippen LogP contribution in [0.5, 0.6) is 0 Å². The van der Waals surface area contributed by atoms with Crippen molar-refractivity contribution in [3.8, 4) is 12.1 Å². The van der Waals surface area contributed by atoms with Crippen molar-refractivity contribution in [3.05, 3.63) is 59.2 Å². The molecule has 2 aromatic rings. The second-order valence-electron chi connectivity index (χ2n) is 6.80. The number of nitrogens with one attached hydrogen (secondary N) is 3. The Morgan fingerprint density at radius 1 is 1.12 bits per heavy atom. The van der Waals surface area contributed by atoms with E-state index < -0.39 is 0 Å². The van der Waals surface area contributed by atoms with Gasteiger partial charge in [-0.25, -0.2) is 0 Å². The third kappa shape index (κ3) is 3.79. The van der Waals surface area contributed by atoms with E-state index in [0.29, 0.717) is 17.0 Å². The highest BCUT2D eigenvalue weighted by molar-refractivity contribution is 5.77. The first-order chi connectivity index (χ1) is 12.6. The summed E-state index contributed by atoms with van der Waals surface area (Å²) in [5, 5.41) is 28.7. The molecule has 0 unspecified atom stereocenters. The fourth-order valence-corrected chi connectivity index (χ4v) is 3.22. The monoisotopic (exact) mass is 345 g/mol. The van der Waals surface area contributed by atoms with Crippen LogP contribution in [-0.2, 0) is 0 Å². The summed E-state index contributed by atoms with van der Waals surface area (Å²) in [7, 11) is 0. The Hall–Kier alpha value is -3.02. The van der Waals surface area contributed by atoms with Gasteiger partial charge in [-0.2, -0.15) is 10.5 Å². The molecule has 0 saturated carbocycles. The molecule has 0 fully saturated rings. The van der Waals surface area contributed by atoms with Crippen molar-refractivity contribution in [2.75, 3.05) is 23.7 Å². The minimum Gasteiger partial charge on any atom is -0.381 e. The van der Waals surface area contributed by atoms with Gasteiger partial charge < -0.3 is 16.0 Å². The second-order valence-corrected chi connectivity index (χ2v) is 6.80. The number of nitrogens with zero attached hydrogens (tertiary/aromatic N) is 2. The summed E-state index contributed by atoms with van der Waals surface area (Å²) in [6.07, 6.45) is 0. The Morgan fingerprint density at radius 3 is 2.58 bits per heavy atom. The molecule has 5 heteroatoms. The van der Waals surface area contributed by atoms with Gasteiger partial charge in [-0.3, -0.25) is 0 Å². The van der Waals surface area contributed by atoms with Gasteiger partial charge in [0.2, 0.25) is 0 Å². The standard InChI is InChI=1S/C21H23N5/c1-14(17-8-6-16(10-22)7-9-17)12-24-15(2)20-13-25-19-5-3-4-18(11-23)21(19)26-20/h3-9,14-15,20,24-26H,12-13H2,1-2H3/t14-,15+,20+/m0/s1. The number of benzene rings is 2. The molecule has 1 aliphatic rings. The molecule has 0 aliphatic carbocycles. The fraction of sp³-hybridized carbons (Fsp3) is 0.333. The van der Waals surface area contributed by atoms with Crippen LogP contribution in [0.3, 0.4) is 0 Å². The van der Waals surface area contributed by atoms with Crippen LogP contribution in [0.1, 0.15) is 36.5 Å². The van der Waals surface area contributed by atoms with Crippen LogP contribution in [0.4, 0.5) is 11.4 Å². The topological polar surface area (TPSA) is 83.7 Å². The Kier molecular flexibility index (Phi) is 5.41. The first-order valence-corrected chi connectivity index (χ1v) is 8.89. The SMILES string of the molecule is C[C@@H](CN[C@H](C)[C@H]1CNc2cccc(C#N)c2N1)c1ccc(C#N)cc1. The van der Waals surface area contributed by atoms with E-state index in [0.717, 1.165) is 24.5 Å². The van der Waals surface area contributed by atoms with Crippen molar-refractivity contribution < 1.29 is 0 Å². The predicted octanol–water partition coefficient (Wildman–Crippen LogP) is 3.42. The highest BCUT2D eigenvalue weighted by Gasteiger charge is 2.24. The lowest BCUT2D eigenvalue weighted by atomic mass is 9.98. The first-order valence-electron chi connectivity index (χ1n) is 8.89. The van der Waals surface area contributed by atoms with E-state index in [9.17, 15) is 5.26 Å². The molecule has 0 amide bonds. The first kappa shape index (κ1) is 17.8. The van der Waals surface area contributed by atoms with Crippen molar-refractivity contribution in [1.82, 2.24) is 5.32 Å². The minimum atomic E-state index is 0.199. The average Bonchev–Trinajstić information content (AvgIpc) is 2.70. The summed E-state index contributed by atoms with van der Waals surface area (Å²) >= 11 is 0. The van der Waals surface area contributed by atoms with Gasteiger partial charge >= 0.3 is 0 Å². The Morgan fingerprint density at radius 2 is 1.88 bits per heavy atom. The molecule has 26 heavy (non-hydrogen) atoms. The van der Waals surface area contributed by atoms with Crippen LogP contribution in [0.2, 0.25) is 0 Å². The zero-order valence-electron chi connectivity index (χ0n) is 15.1. The number of hydrogen-bond donors (Lipinski definition) is 3. The molecule has 2 aromatic carbocycles. The Labute approximate surface area is 154 Å². The summed E-state index contributed by atoms with van der Waals surface area (Å²) in [4.78, 5) is 0. The molecule has 132 valence electrons. The summed E-state index contributed by atoms with van der Waals surface area (Å²) in [5.41, 5.74) is 4.44. The van der Waals surface area contributed by atoms with Crippen LogP contribution >= 0.6 is 0 Å². The fourth-order valence-electron chi connectivity index (χ4n) is 3.22. The number of hydrogen-bond acceptors (Lipinski definition) is 5. The number of nitriles is 2. The van der Waals surface area contributed by atoms with Gasteiger partial charge in [-0.05, 0) is 42.7 Å². The number of anilines is 2. The maximum absolute atomic E-state index is 9.30. The molecule has 3 atom stereocenters. The molecule has 1 aliphatic heterocycles. The maximum Gasteiger partial charge on any atom is 0.101 e. The molecular weight excluding hydrogens is 322 g/mol. The van der Waals surface area contributed by atoms with Gasteiger partial charge in [-0.1, -0.05) is 25.1 Å². The highest BCUT2D eigenvalue weighted by Crippen LogP contribution is 2.30. The van der Waals surface area contributed by atoms with Crippen molar-refractivity contribution in [2.24, 2.45) is 0 Å². The lowest BCUT2D eigenvalue weighted by Gasteiger charge is -2.34. The number of para-hydroxylation sites is 1. The molecule has 3 N–H and O–H groups in total. The van der Waals surface area contributed by atoms with Gasteiger partial charge in [0.1, 0.15) is 6.07 Å². The van der Waals surface area contributed by atoms with Gasteiger partial charge in [-0.15, -0.1) is 0 Å². The predicted molar refractivity (Wildman–Crippen MR) is 104 cm³/mol. The van der Waals surface area contributed by atoms with E-state index in [4.69, 9.17) is 5.26 Å². The molecule has 0 bridgehead atoms. The zero-order chi connectivity index (χ0) is 18.5. The van der Waals surface area contributed by atoms with Crippen molar-refractivity contribution in [3.63, 3.8) is 0 Å². The lowest BCUT2D eigenvalue weighted by Crippen LogP contribution is -2.48. The van der Waals surface area contributed by atoms with E-state index in [2.05, 4.69) is 41.9 Å². The zero-order valence-corrected chi connectivity index (χ0v) is 15.1. The summed E-state index contributed by atoms with van der Waals surface area (Å²) in [5.74, 6) is 0.351. The average molecular weight is 345 g/mol. The molecule has 1 heterocycles. The van der Waals surface area contributed by atoms with Gasteiger partial charge in [0.25, 0.3) is 0 Å². The van der Waals surface area contributed by atoms with E-state index >= 15 is 0 Å². The van der Waals surface area contributed by atoms with Gasteiger partial charge in [0.05, 0.1) is 34.6 Å². The van der Waals surface area contributed by atoms with Crippen LogP contribution in [-0.4, -0.2) is 25.2 Å². The van der Waals surface area contributed by atoms with Crippen molar-refractivity contribution >= 4 is 11.4 Å². The maximum atomic E-state index is 9.30. The lowest BCUT2D eigenvalue weighted by molar-refractivity contribution is 0.468. The van der Waals surface area contributed by atoms with Gasteiger partial charge in [0.15, 0.2) is 0 Å². The molecule has 0 spiro atoms. The van der Waals surface area contributed by atoms with Crippen LogP contribution in [0.25, 0.3) is 0 Å². The smallest absolute Gasteiger partial charge is 0.101 e. The van der Waals surface area contributed by atoms with E-state index in [-0.39, 0.29) is 12.1 Å². The molecule has 0 radical (unpaired) electrons. The van der Waals surface area contributed by atoms with Gasteiger partial charge in [0, 0.05) is 19.1 Å². The van der Waals surface area contributed by atoms with E-state index in [1.165, 1.54) is 5.56 Å². The number of fused-ring (bicyclic) bond motifs is 1. The van der Waals surface area contributed by atoms with Crippen LogP contribution in [0, 0.1) is 22.7 Å². The number of rotatable bonds is 5. The van der Waals surface area contributed by atoms with E-state index in [1.54, 1.807) is 0 Å². The quantitative estimate of drug-likeness (QED) is 0.773. The molecule has 0 aromatic heterocycles. The molecule has 5 nitrogen and oxygen atoms in total. The Balaban J connectivity index is 1.59. The van der Waals surface area contributed by atoms with Crippen LogP contribution in [0.15, 0.2) is 42.5 Å². The largest absolute Gasteiger partial charge is 0.381 e. The normalized spacial score (nSPS) is 17.6.